The molecule has 1 aromatic heterocycles. The van der Waals surface area contributed by atoms with E-state index in [2.05, 4.69) is 47.0 Å². The zero-order valence-electron chi connectivity index (χ0n) is 9.07. The number of rotatable bonds is 5. The maximum absolute atomic E-state index is 4.09. The van der Waals surface area contributed by atoms with Gasteiger partial charge in [-0.1, -0.05) is 41.9 Å². The Kier molecular flexibility index (Phi) is 4.58. The predicted molar refractivity (Wildman–Crippen MR) is 61.7 cm³/mol. The largest absolute Gasteiger partial charge is 0.249 e. The van der Waals surface area contributed by atoms with Gasteiger partial charge in [0.25, 0.3) is 0 Å². The molecule has 0 N–H and O–H groups in total. The molecule has 0 aliphatic rings. The van der Waals surface area contributed by atoms with Gasteiger partial charge in [0.1, 0.15) is 0 Å². The molecule has 2 unspecified atom stereocenters. The minimum Gasteiger partial charge on any atom is -0.249 e. The highest BCUT2D eigenvalue weighted by Crippen LogP contribution is 2.22. The van der Waals surface area contributed by atoms with E-state index in [4.69, 9.17) is 0 Å². The smallest absolute Gasteiger partial charge is 0.0727 e. The molecular weight excluding hydrogens is 242 g/mol. The summed E-state index contributed by atoms with van der Waals surface area (Å²) in [5.74, 6) is 0.519. The van der Waals surface area contributed by atoms with Crippen molar-refractivity contribution in [3.05, 3.63) is 11.9 Å². The molecule has 3 nitrogen and oxygen atoms in total. The number of aryl methyl sites for hydroxylation is 1. The van der Waals surface area contributed by atoms with Crippen LogP contribution in [0.4, 0.5) is 0 Å². The first-order chi connectivity index (χ1) is 6.65. The number of alkyl halides is 1. The van der Waals surface area contributed by atoms with Crippen LogP contribution in [-0.4, -0.2) is 19.8 Å². The van der Waals surface area contributed by atoms with E-state index in [1.807, 2.05) is 10.9 Å². The lowest BCUT2D eigenvalue weighted by atomic mass is 10.0. The van der Waals surface area contributed by atoms with Gasteiger partial charge >= 0.3 is 0 Å². The summed E-state index contributed by atoms with van der Waals surface area (Å²) < 4.78 is 2.01. The summed E-state index contributed by atoms with van der Waals surface area (Å²) in [6, 6.07) is 0. The van der Waals surface area contributed by atoms with E-state index in [9.17, 15) is 0 Å². The minimum absolute atomic E-state index is 0.519. The SMILES string of the molecule is CCCn1nncc1C(C)CC(C)Br. The third-order valence-electron chi connectivity index (χ3n) is 2.27. The number of nitrogens with zero attached hydrogens (tertiary/aromatic N) is 3. The zero-order chi connectivity index (χ0) is 10.6. The Morgan fingerprint density at radius 1 is 1.50 bits per heavy atom. The van der Waals surface area contributed by atoms with Gasteiger partial charge in [-0.25, -0.2) is 4.68 Å². The Labute approximate surface area is 94.0 Å². The fourth-order valence-electron chi connectivity index (χ4n) is 1.64. The molecule has 1 heterocycles. The molecule has 0 bridgehead atoms. The Balaban J connectivity index is 2.68. The van der Waals surface area contributed by atoms with Crippen LogP contribution < -0.4 is 0 Å². The first kappa shape index (κ1) is 11.7. The van der Waals surface area contributed by atoms with Crippen LogP contribution in [-0.2, 0) is 6.54 Å². The highest BCUT2D eigenvalue weighted by Gasteiger charge is 2.13. The van der Waals surface area contributed by atoms with Crippen molar-refractivity contribution in [3.63, 3.8) is 0 Å². The van der Waals surface area contributed by atoms with Crippen LogP contribution in [0.5, 0.6) is 0 Å². The molecule has 0 saturated heterocycles. The monoisotopic (exact) mass is 259 g/mol. The number of halogens is 1. The standard InChI is InChI=1S/C10H18BrN3/c1-4-5-14-10(7-12-13-14)8(2)6-9(3)11/h7-9H,4-6H2,1-3H3. The Morgan fingerprint density at radius 3 is 2.79 bits per heavy atom. The van der Waals surface area contributed by atoms with Crippen molar-refractivity contribution in [2.75, 3.05) is 0 Å². The van der Waals surface area contributed by atoms with Gasteiger partial charge in [0.2, 0.25) is 0 Å². The van der Waals surface area contributed by atoms with Crippen LogP contribution in [0.25, 0.3) is 0 Å². The first-order valence-electron chi connectivity index (χ1n) is 5.17. The van der Waals surface area contributed by atoms with Crippen LogP contribution in [0.15, 0.2) is 6.20 Å². The van der Waals surface area contributed by atoms with Crippen molar-refractivity contribution in [1.82, 2.24) is 15.0 Å². The van der Waals surface area contributed by atoms with Crippen LogP contribution in [0.3, 0.4) is 0 Å². The summed E-state index contributed by atoms with van der Waals surface area (Å²) in [5.41, 5.74) is 1.25. The second-order valence-electron chi connectivity index (χ2n) is 3.80. The second kappa shape index (κ2) is 5.49. The lowest BCUT2D eigenvalue weighted by Crippen LogP contribution is -2.09. The molecule has 0 aromatic carbocycles. The molecule has 0 fully saturated rings. The molecule has 80 valence electrons. The van der Waals surface area contributed by atoms with E-state index in [0.29, 0.717) is 10.7 Å². The first-order valence-corrected chi connectivity index (χ1v) is 6.09. The average Bonchev–Trinajstić information content (AvgIpc) is 2.51. The summed E-state index contributed by atoms with van der Waals surface area (Å²) in [6.07, 6.45) is 4.11. The molecule has 0 radical (unpaired) electrons. The molecule has 1 rings (SSSR count). The molecule has 0 aliphatic carbocycles. The van der Waals surface area contributed by atoms with E-state index in [0.717, 1.165) is 19.4 Å². The van der Waals surface area contributed by atoms with Crippen molar-refractivity contribution in [1.29, 1.82) is 0 Å². The quantitative estimate of drug-likeness (QED) is 0.762. The van der Waals surface area contributed by atoms with E-state index in [-0.39, 0.29) is 0 Å². The van der Waals surface area contributed by atoms with E-state index in [1.54, 1.807) is 0 Å². The number of hydrogen-bond donors (Lipinski definition) is 0. The minimum atomic E-state index is 0.519. The Morgan fingerprint density at radius 2 is 2.21 bits per heavy atom. The van der Waals surface area contributed by atoms with Gasteiger partial charge in [0.05, 0.1) is 11.9 Å². The molecule has 0 spiro atoms. The van der Waals surface area contributed by atoms with E-state index >= 15 is 0 Å². The third-order valence-corrected chi connectivity index (χ3v) is 2.64. The highest BCUT2D eigenvalue weighted by atomic mass is 79.9. The van der Waals surface area contributed by atoms with Crippen LogP contribution in [0.2, 0.25) is 0 Å². The van der Waals surface area contributed by atoms with Gasteiger partial charge in [-0.2, -0.15) is 0 Å². The molecular formula is C10H18BrN3. The van der Waals surface area contributed by atoms with Gasteiger partial charge < -0.3 is 0 Å². The normalized spacial score (nSPS) is 15.4. The molecule has 14 heavy (non-hydrogen) atoms. The lowest BCUT2D eigenvalue weighted by molar-refractivity contribution is 0.522. The summed E-state index contributed by atoms with van der Waals surface area (Å²) in [7, 11) is 0. The van der Waals surface area contributed by atoms with Crippen LogP contribution in [0.1, 0.15) is 45.2 Å². The zero-order valence-corrected chi connectivity index (χ0v) is 10.7. The van der Waals surface area contributed by atoms with Crippen molar-refractivity contribution >= 4 is 15.9 Å². The van der Waals surface area contributed by atoms with E-state index in [1.165, 1.54) is 5.69 Å². The summed E-state index contributed by atoms with van der Waals surface area (Å²) in [4.78, 5) is 0.544. The summed E-state index contributed by atoms with van der Waals surface area (Å²) in [5, 5.41) is 8.05. The molecule has 4 heteroatoms. The van der Waals surface area contributed by atoms with Crippen LogP contribution >= 0.6 is 15.9 Å². The lowest BCUT2D eigenvalue weighted by Gasteiger charge is -2.13. The number of hydrogen-bond acceptors (Lipinski definition) is 2. The van der Waals surface area contributed by atoms with Gasteiger partial charge in [0.15, 0.2) is 0 Å². The average molecular weight is 260 g/mol. The van der Waals surface area contributed by atoms with Gasteiger partial charge in [-0.05, 0) is 12.8 Å². The topological polar surface area (TPSA) is 30.7 Å². The van der Waals surface area contributed by atoms with Crippen molar-refractivity contribution in [2.24, 2.45) is 0 Å². The maximum atomic E-state index is 4.09. The third kappa shape index (κ3) is 3.08. The van der Waals surface area contributed by atoms with Crippen molar-refractivity contribution in [3.8, 4) is 0 Å². The fourth-order valence-corrected chi connectivity index (χ4v) is 2.20. The van der Waals surface area contributed by atoms with Crippen molar-refractivity contribution in [2.45, 2.75) is 50.9 Å². The predicted octanol–water partition coefficient (Wildman–Crippen LogP) is 2.97. The molecule has 0 aliphatic heterocycles. The molecule has 0 amide bonds. The Hall–Kier alpha value is -0.380. The summed E-state index contributed by atoms with van der Waals surface area (Å²) >= 11 is 3.57. The molecule has 0 saturated carbocycles. The van der Waals surface area contributed by atoms with Gasteiger partial charge in [-0.15, -0.1) is 5.10 Å². The molecule has 1 aromatic rings. The molecule has 2 atom stereocenters. The van der Waals surface area contributed by atoms with Gasteiger partial charge in [0, 0.05) is 17.3 Å². The fraction of sp³-hybridized carbons (Fsp3) is 0.800. The van der Waals surface area contributed by atoms with E-state index < -0.39 is 0 Å². The second-order valence-corrected chi connectivity index (χ2v) is 5.36. The highest BCUT2D eigenvalue weighted by molar-refractivity contribution is 9.09. The number of aromatic nitrogens is 3. The summed E-state index contributed by atoms with van der Waals surface area (Å²) in [6.45, 7) is 7.52. The Bertz CT molecular complexity index is 270. The van der Waals surface area contributed by atoms with Gasteiger partial charge in [-0.3, -0.25) is 0 Å². The van der Waals surface area contributed by atoms with Crippen molar-refractivity contribution < 1.29 is 0 Å². The maximum Gasteiger partial charge on any atom is 0.0727 e. The van der Waals surface area contributed by atoms with Crippen LogP contribution in [0, 0.1) is 0 Å².